The fourth-order valence-corrected chi connectivity index (χ4v) is 4.17. The molecule has 26 heavy (non-hydrogen) atoms. The Hall–Kier alpha value is -1.40. The summed E-state index contributed by atoms with van der Waals surface area (Å²) in [7, 11) is 0. The third-order valence-corrected chi connectivity index (χ3v) is 6.05. The van der Waals surface area contributed by atoms with E-state index < -0.39 is 0 Å². The fourth-order valence-electron chi connectivity index (χ4n) is 3.90. The van der Waals surface area contributed by atoms with Gasteiger partial charge in [0, 0.05) is 35.7 Å². The van der Waals surface area contributed by atoms with Crippen molar-refractivity contribution in [3.8, 4) is 0 Å². The number of amides is 2. The summed E-state index contributed by atoms with van der Waals surface area (Å²) < 4.78 is 0.941. The van der Waals surface area contributed by atoms with Crippen molar-refractivity contribution in [1.29, 1.82) is 0 Å². The second-order valence-electron chi connectivity index (χ2n) is 7.65. The molecule has 6 heteroatoms. The van der Waals surface area contributed by atoms with Crippen LogP contribution < -0.4 is 5.32 Å². The fraction of sp³-hybridized carbons (Fsp3) is 0.600. The van der Waals surface area contributed by atoms with E-state index in [1.165, 1.54) is 0 Å². The van der Waals surface area contributed by atoms with Gasteiger partial charge in [0.15, 0.2) is 0 Å². The topological polar surface area (TPSA) is 52.7 Å². The highest BCUT2D eigenvalue weighted by Gasteiger charge is 2.35. The molecule has 3 rings (SSSR count). The summed E-state index contributed by atoms with van der Waals surface area (Å²) in [4.78, 5) is 29.7. The van der Waals surface area contributed by atoms with Gasteiger partial charge in [-0.25, -0.2) is 0 Å². The van der Waals surface area contributed by atoms with Crippen LogP contribution in [0.15, 0.2) is 28.7 Å². The van der Waals surface area contributed by atoms with E-state index in [0.29, 0.717) is 30.6 Å². The van der Waals surface area contributed by atoms with Gasteiger partial charge in [-0.15, -0.1) is 0 Å². The Kier molecular flexibility index (Phi) is 6.35. The number of nitrogens with one attached hydrogen (secondary N) is 1. The first kappa shape index (κ1) is 19.4. The van der Waals surface area contributed by atoms with Crippen LogP contribution in [0, 0.1) is 5.92 Å². The summed E-state index contributed by atoms with van der Waals surface area (Å²) in [5, 5.41) is 3.10. The van der Waals surface area contributed by atoms with Crippen LogP contribution in [-0.4, -0.2) is 59.9 Å². The second-order valence-corrected chi connectivity index (χ2v) is 8.57. The third kappa shape index (κ3) is 4.46. The molecule has 0 saturated carbocycles. The van der Waals surface area contributed by atoms with E-state index in [1.54, 1.807) is 17.0 Å². The Balaban J connectivity index is 1.55. The van der Waals surface area contributed by atoms with Crippen molar-refractivity contribution >= 4 is 27.7 Å². The molecule has 2 aliphatic rings. The van der Waals surface area contributed by atoms with Gasteiger partial charge in [0.1, 0.15) is 6.04 Å². The molecule has 142 valence electrons. The first-order valence-electron chi connectivity index (χ1n) is 9.54. The maximum Gasteiger partial charge on any atom is 0.254 e. The molecule has 2 aliphatic heterocycles. The van der Waals surface area contributed by atoms with E-state index in [2.05, 4.69) is 40.0 Å². The molecule has 0 radical (unpaired) electrons. The number of carbonyl (C=O) groups is 2. The zero-order valence-corrected chi connectivity index (χ0v) is 17.2. The Labute approximate surface area is 164 Å². The molecule has 2 amide bonds. The van der Waals surface area contributed by atoms with E-state index in [4.69, 9.17) is 0 Å². The van der Waals surface area contributed by atoms with Gasteiger partial charge >= 0.3 is 0 Å². The lowest BCUT2D eigenvalue weighted by Gasteiger charge is -2.25. The Morgan fingerprint density at radius 2 is 1.92 bits per heavy atom. The number of benzene rings is 1. The molecule has 2 heterocycles. The van der Waals surface area contributed by atoms with Crippen molar-refractivity contribution in [1.82, 2.24) is 15.1 Å². The predicted molar refractivity (Wildman–Crippen MR) is 106 cm³/mol. The van der Waals surface area contributed by atoms with E-state index >= 15 is 0 Å². The Morgan fingerprint density at radius 1 is 1.19 bits per heavy atom. The number of hydrogen-bond acceptors (Lipinski definition) is 3. The highest BCUT2D eigenvalue weighted by atomic mass is 79.9. The van der Waals surface area contributed by atoms with Gasteiger partial charge in [0.2, 0.25) is 5.91 Å². The van der Waals surface area contributed by atoms with Crippen LogP contribution in [0.25, 0.3) is 0 Å². The maximum atomic E-state index is 12.8. The summed E-state index contributed by atoms with van der Waals surface area (Å²) in [6.07, 6.45) is 2.76. The molecule has 0 aliphatic carbocycles. The largest absolute Gasteiger partial charge is 0.354 e. The van der Waals surface area contributed by atoms with Crippen LogP contribution >= 0.6 is 15.9 Å². The van der Waals surface area contributed by atoms with Crippen LogP contribution in [0.2, 0.25) is 0 Å². The number of likely N-dealkylation sites (tertiary alicyclic amines) is 2. The van der Waals surface area contributed by atoms with Crippen LogP contribution in [-0.2, 0) is 4.79 Å². The molecule has 2 atom stereocenters. The van der Waals surface area contributed by atoms with Gasteiger partial charge in [-0.1, -0.05) is 15.9 Å². The molecule has 5 nitrogen and oxygen atoms in total. The predicted octanol–water partition coefficient (Wildman–Crippen LogP) is 2.90. The SMILES string of the molecule is CC(C)N1CCC(CNC(=O)C2CCCN2C(=O)c2ccc(Br)cc2)C1. The van der Waals surface area contributed by atoms with Gasteiger partial charge in [0.05, 0.1) is 0 Å². The number of nitrogens with zero attached hydrogens (tertiary/aromatic N) is 2. The molecule has 2 saturated heterocycles. The lowest BCUT2D eigenvalue weighted by molar-refractivity contribution is -0.125. The molecular weight excluding hydrogens is 394 g/mol. The zero-order valence-electron chi connectivity index (χ0n) is 15.6. The minimum Gasteiger partial charge on any atom is -0.354 e. The number of hydrogen-bond donors (Lipinski definition) is 1. The van der Waals surface area contributed by atoms with E-state index in [1.807, 2.05) is 12.1 Å². The molecule has 1 aromatic rings. The van der Waals surface area contributed by atoms with E-state index in [-0.39, 0.29) is 17.9 Å². The highest BCUT2D eigenvalue weighted by Crippen LogP contribution is 2.22. The molecule has 1 N–H and O–H groups in total. The summed E-state index contributed by atoms with van der Waals surface area (Å²) in [5.41, 5.74) is 0.635. The standard InChI is InChI=1S/C20H28BrN3O2/c1-14(2)23-11-9-15(13-23)12-22-19(25)18-4-3-10-24(18)20(26)16-5-7-17(21)8-6-16/h5-8,14-15,18H,3-4,9-13H2,1-2H3,(H,22,25). The zero-order chi connectivity index (χ0) is 18.7. The average Bonchev–Trinajstić information content (AvgIpc) is 3.29. The number of carbonyl (C=O) groups excluding carboxylic acids is 2. The summed E-state index contributed by atoms with van der Waals surface area (Å²) in [6, 6.07) is 7.55. The van der Waals surface area contributed by atoms with Crippen molar-refractivity contribution in [3.63, 3.8) is 0 Å². The summed E-state index contributed by atoms with van der Waals surface area (Å²) in [6.45, 7) is 7.94. The molecule has 0 aromatic heterocycles. The molecule has 2 fully saturated rings. The van der Waals surface area contributed by atoms with Crippen LogP contribution in [0.3, 0.4) is 0 Å². The van der Waals surface area contributed by atoms with Crippen LogP contribution in [0.5, 0.6) is 0 Å². The van der Waals surface area contributed by atoms with Crippen molar-refractivity contribution in [3.05, 3.63) is 34.3 Å². The number of halogens is 1. The second kappa shape index (κ2) is 8.53. The Bertz CT molecular complexity index is 647. The lowest BCUT2D eigenvalue weighted by Crippen LogP contribution is -2.47. The quantitative estimate of drug-likeness (QED) is 0.794. The number of rotatable bonds is 5. The minimum atomic E-state index is -0.339. The van der Waals surface area contributed by atoms with Gasteiger partial charge in [-0.2, -0.15) is 0 Å². The average molecular weight is 422 g/mol. The van der Waals surface area contributed by atoms with Crippen molar-refractivity contribution < 1.29 is 9.59 Å². The van der Waals surface area contributed by atoms with E-state index in [9.17, 15) is 9.59 Å². The minimum absolute atomic E-state index is 0.00374. The summed E-state index contributed by atoms with van der Waals surface area (Å²) >= 11 is 3.39. The molecule has 0 bridgehead atoms. The highest BCUT2D eigenvalue weighted by molar-refractivity contribution is 9.10. The maximum absolute atomic E-state index is 12.8. The third-order valence-electron chi connectivity index (χ3n) is 5.52. The van der Waals surface area contributed by atoms with Crippen molar-refractivity contribution in [2.45, 2.75) is 45.2 Å². The monoisotopic (exact) mass is 421 g/mol. The van der Waals surface area contributed by atoms with E-state index in [0.717, 1.165) is 36.8 Å². The van der Waals surface area contributed by atoms with Crippen LogP contribution in [0.1, 0.15) is 43.5 Å². The molecule has 0 spiro atoms. The molecule has 1 aromatic carbocycles. The van der Waals surface area contributed by atoms with Gasteiger partial charge < -0.3 is 15.1 Å². The van der Waals surface area contributed by atoms with Gasteiger partial charge in [-0.05, 0) is 69.8 Å². The Morgan fingerprint density at radius 3 is 2.58 bits per heavy atom. The van der Waals surface area contributed by atoms with Gasteiger partial charge in [-0.3, -0.25) is 9.59 Å². The van der Waals surface area contributed by atoms with Crippen molar-refractivity contribution in [2.75, 3.05) is 26.2 Å². The van der Waals surface area contributed by atoms with Crippen molar-refractivity contribution in [2.24, 2.45) is 5.92 Å². The molecule has 2 unspecified atom stereocenters. The van der Waals surface area contributed by atoms with Gasteiger partial charge in [0.25, 0.3) is 5.91 Å². The molecular formula is C20H28BrN3O2. The van der Waals surface area contributed by atoms with Crippen LogP contribution in [0.4, 0.5) is 0 Å². The first-order valence-corrected chi connectivity index (χ1v) is 10.3. The summed E-state index contributed by atoms with van der Waals surface area (Å²) in [5.74, 6) is 0.455. The lowest BCUT2D eigenvalue weighted by atomic mass is 10.1. The first-order chi connectivity index (χ1) is 12.5. The normalized spacial score (nSPS) is 23.6. The smallest absolute Gasteiger partial charge is 0.254 e.